The van der Waals surface area contributed by atoms with Crippen molar-refractivity contribution in [2.24, 2.45) is 5.92 Å². The van der Waals surface area contributed by atoms with Crippen LogP contribution < -0.4 is 0 Å². The highest BCUT2D eigenvalue weighted by molar-refractivity contribution is 4.98. The first-order chi connectivity index (χ1) is 22.5. The molecule has 3 unspecified atom stereocenters. The first-order valence-electron chi connectivity index (χ1n) is 21.0. The Bertz CT molecular complexity index is 732. The van der Waals surface area contributed by atoms with E-state index >= 15 is 0 Å². The summed E-state index contributed by atoms with van der Waals surface area (Å²) in [5, 5.41) is 0. The molecule has 1 fully saturated rings. The van der Waals surface area contributed by atoms with Crippen LogP contribution in [-0.4, -0.2) is 37.2 Å². The van der Waals surface area contributed by atoms with Crippen LogP contribution in [0.1, 0.15) is 220 Å². The quantitative estimate of drug-likeness (QED) is 0.0424. The molecule has 2 heteroatoms. The lowest BCUT2D eigenvalue weighted by Gasteiger charge is -2.47. The molecule has 0 saturated carbocycles. The highest BCUT2D eigenvalue weighted by Crippen LogP contribution is 2.43. The second-order valence-corrected chi connectivity index (χ2v) is 15.3. The summed E-state index contributed by atoms with van der Waals surface area (Å²) >= 11 is 0. The maximum Gasteiger partial charge on any atom is 0.0711 e. The molecule has 1 heterocycles. The third kappa shape index (κ3) is 24.4. The van der Waals surface area contributed by atoms with Gasteiger partial charge in [-0.1, -0.05) is 142 Å². The fraction of sp³-hybridized carbons (Fsp3) is 0.909. The predicted octanol–water partition coefficient (Wildman–Crippen LogP) is 14.0. The molecule has 1 saturated heterocycles. The molecule has 0 aromatic heterocycles. The van der Waals surface area contributed by atoms with Crippen LogP contribution in [0.25, 0.3) is 0 Å². The lowest BCUT2D eigenvalue weighted by atomic mass is 9.74. The SMILES string of the molecule is CCCCCCCC#CCCCCCCCC1(CCCCCCC/C=C\CCCCCCCC)OC(CCCN(C)C)CCC1C. The molecule has 3 atom stereocenters. The molecular formula is C44H83NO. The number of unbranched alkanes of at least 4 members (excludes halogenated alkanes) is 21. The van der Waals surface area contributed by atoms with Gasteiger partial charge in [0.2, 0.25) is 0 Å². The van der Waals surface area contributed by atoms with Crippen molar-refractivity contribution in [1.29, 1.82) is 0 Å². The van der Waals surface area contributed by atoms with E-state index in [9.17, 15) is 0 Å². The van der Waals surface area contributed by atoms with Gasteiger partial charge in [0, 0.05) is 12.8 Å². The van der Waals surface area contributed by atoms with E-state index in [1.165, 1.54) is 193 Å². The Morgan fingerprint density at radius 3 is 1.54 bits per heavy atom. The summed E-state index contributed by atoms with van der Waals surface area (Å²) in [5.74, 6) is 7.57. The number of hydrogen-bond donors (Lipinski definition) is 0. The number of hydrogen-bond acceptors (Lipinski definition) is 2. The molecule has 0 bridgehead atoms. The van der Waals surface area contributed by atoms with Gasteiger partial charge in [-0.05, 0) is 104 Å². The van der Waals surface area contributed by atoms with Crippen molar-refractivity contribution in [2.45, 2.75) is 232 Å². The monoisotopic (exact) mass is 642 g/mol. The molecule has 0 radical (unpaired) electrons. The summed E-state index contributed by atoms with van der Waals surface area (Å²) < 4.78 is 7.15. The first-order valence-corrected chi connectivity index (χ1v) is 21.0. The van der Waals surface area contributed by atoms with Gasteiger partial charge in [0.05, 0.1) is 11.7 Å². The summed E-state index contributed by atoms with van der Waals surface area (Å²) in [6, 6.07) is 0. The maximum atomic E-state index is 7.15. The largest absolute Gasteiger partial charge is 0.371 e. The molecule has 0 amide bonds. The molecule has 1 aliphatic rings. The average molecular weight is 642 g/mol. The van der Waals surface area contributed by atoms with Crippen LogP contribution in [0.2, 0.25) is 0 Å². The molecule has 0 aliphatic carbocycles. The zero-order valence-electron chi connectivity index (χ0n) is 32.3. The van der Waals surface area contributed by atoms with Crippen molar-refractivity contribution in [3.05, 3.63) is 12.2 Å². The number of nitrogens with zero attached hydrogens (tertiary/aromatic N) is 1. The summed E-state index contributed by atoms with van der Waals surface area (Å²) in [7, 11) is 4.39. The van der Waals surface area contributed by atoms with Crippen molar-refractivity contribution >= 4 is 0 Å². The lowest BCUT2D eigenvalue weighted by molar-refractivity contribution is -0.170. The van der Waals surface area contributed by atoms with E-state index in [4.69, 9.17) is 4.74 Å². The lowest BCUT2D eigenvalue weighted by Crippen LogP contribution is -2.47. The minimum Gasteiger partial charge on any atom is -0.371 e. The van der Waals surface area contributed by atoms with E-state index in [2.05, 4.69) is 63.8 Å². The third-order valence-electron chi connectivity index (χ3n) is 10.6. The summed E-state index contributed by atoms with van der Waals surface area (Å²) in [6.07, 6.45) is 46.6. The molecule has 1 rings (SSSR count). The van der Waals surface area contributed by atoms with Crippen molar-refractivity contribution in [3.8, 4) is 11.8 Å². The van der Waals surface area contributed by atoms with Crippen molar-refractivity contribution in [1.82, 2.24) is 4.90 Å². The zero-order valence-corrected chi connectivity index (χ0v) is 32.3. The fourth-order valence-corrected chi connectivity index (χ4v) is 7.44. The Labute approximate surface area is 291 Å². The van der Waals surface area contributed by atoms with Crippen molar-refractivity contribution < 1.29 is 4.74 Å². The van der Waals surface area contributed by atoms with Crippen LogP contribution in [0.4, 0.5) is 0 Å². The van der Waals surface area contributed by atoms with Gasteiger partial charge in [0.25, 0.3) is 0 Å². The Balaban J connectivity index is 2.34. The Kier molecular flexibility index (Phi) is 29.6. The van der Waals surface area contributed by atoms with E-state index in [1.807, 2.05) is 0 Å². The molecule has 0 aromatic carbocycles. The van der Waals surface area contributed by atoms with E-state index in [0.29, 0.717) is 12.0 Å². The second-order valence-electron chi connectivity index (χ2n) is 15.3. The molecule has 0 N–H and O–H groups in total. The van der Waals surface area contributed by atoms with Crippen LogP contribution in [0.5, 0.6) is 0 Å². The minimum absolute atomic E-state index is 0.128. The molecule has 270 valence electrons. The smallest absolute Gasteiger partial charge is 0.0711 e. The number of allylic oxidation sites excluding steroid dienone is 2. The van der Waals surface area contributed by atoms with Crippen LogP contribution in [0.3, 0.4) is 0 Å². The average Bonchev–Trinajstić information content (AvgIpc) is 3.04. The highest BCUT2D eigenvalue weighted by atomic mass is 16.5. The first kappa shape index (κ1) is 43.2. The van der Waals surface area contributed by atoms with E-state index < -0.39 is 0 Å². The van der Waals surface area contributed by atoms with Gasteiger partial charge in [0.15, 0.2) is 0 Å². The molecule has 46 heavy (non-hydrogen) atoms. The minimum atomic E-state index is 0.128. The van der Waals surface area contributed by atoms with E-state index in [0.717, 1.165) is 12.8 Å². The maximum absolute atomic E-state index is 7.15. The van der Waals surface area contributed by atoms with Crippen LogP contribution >= 0.6 is 0 Å². The Morgan fingerprint density at radius 1 is 0.587 bits per heavy atom. The van der Waals surface area contributed by atoms with Crippen molar-refractivity contribution in [3.63, 3.8) is 0 Å². The van der Waals surface area contributed by atoms with Gasteiger partial charge < -0.3 is 9.64 Å². The predicted molar refractivity (Wildman–Crippen MR) is 207 cm³/mol. The number of ether oxygens (including phenoxy) is 1. The van der Waals surface area contributed by atoms with Gasteiger partial charge in [-0.3, -0.25) is 0 Å². The topological polar surface area (TPSA) is 12.5 Å². The van der Waals surface area contributed by atoms with Gasteiger partial charge >= 0.3 is 0 Å². The summed E-state index contributed by atoms with van der Waals surface area (Å²) in [4.78, 5) is 2.32. The standard InChI is InChI=1S/C44H83NO/c1-6-8-10-12-14-16-18-20-22-24-26-28-30-32-34-40-44(42(3)37-38-43(46-44)36-35-41-45(4)5)39-33-31-29-27-25-23-21-19-17-15-13-11-9-7-2/h20,22,42-43H,6-18,23-41H2,1-5H3/b22-20-. The van der Waals surface area contributed by atoms with Gasteiger partial charge in [-0.15, -0.1) is 11.8 Å². The molecular weight excluding hydrogens is 558 g/mol. The summed E-state index contributed by atoms with van der Waals surface area (Å²) in [6.45, 7) is 8.27. The normalized spacial score (nSPS) is 20.0. The van der Waals surface area contributed by atoms with E-state index in [1.54, 1.807) is 0 Å². The van der Waals surface area contributed by atoms with Crippen LogP contribution in [0, 0.1) is 17.8 Å². The fourth-order valence-electron chi connectivity index (χ4n) is 7.44. The molecule has 2 nitrogen and oxygen atoms in total. The second kappa shape index (κ2) is 31.5. The third-order valence-corrected chi connectivity index (χ3v) is 10.6. The van der Waals surface area contributed by atoms with Crippen LogP contribution in [-0.2, 0) is 4.74 Å². The van der Waals surface area contributed by atoms with Gasteiger partial charge in [0.1, 0.15) is 0 Å². The highest BCUT2D eigenvalue weighted by Gasteiger charge is 2.41. The number of rotatable bonds is 31. The Morgan fingerprint density at radius 2 is 1.04 bits per heavy atom. The molecule has 0 aromatic rings. The van der Waals surface area contributed by atoms with Crippen molar-refractivity contribution in [2.75, 3.05) is 20.6 Å². The van der Waals surface area contributed by atoms with Gasteiger partial charge in [-0.2, -0.15) is 0 Å². The zero-order chi connectivity index (χ0) is 33.4. The molecule has 0 spiro atoms. The molecule has 1 aliphatic heterocycles. The van der Waals surface area contributed by atoms with E-state index in [-0.39, 0.29) is 5.60 Å². The van der Waals surface area contributed by atoms with Crippen LogP contribution in [0.15, 0.2) is 12.2 Å². The van der Waals surface area contributed by atoms with Gasteiger partial charge in [-0.25, -0.2) is 0 Å². The Hall–Kier alpha value is -0.780. The summed E-state index contributed by atoms with van der Waals surface area (Å²) in [5.41, 5.74) is 0.128.